The van der Waals surface area contributed by atoms with Gasteiger partial charge in [-0.25, -0.2) is 18.7 Å². The van der Waals surface area contributed by atoms with Crippen LogP contribution in [0.1, 0.15) is 16.1 Å². The monoisotopic (exact) mass is 356 g/mol. The van der Waals surface area contributed by atoms with Gasteiger partial charge in [-0.15, -0.1) is 0 Å². The van der Waals surface area contributed by atoms with E-state index in [-0.39, 0.29) is 11.9 Å². The summed E-state index contributed by atoms with van der Waals surface area (Å²) in [5.41, 5.74) is 8.51. The fourth-order valence-electron chi connectivity index (χ4n) is 2.93. The van der Waals surface area contributed by atoms with Gasteiger partial charge in [-0.3, -0.25) is 4.79 Å². The lowest BCUT2D eigenvalue weighted by molar-refractivity contribution is 0.0947. The molecule has 1 aliphatic rings. The highest BCUT2D eigenvalue weighted by atomic mass is 19.2. The van der Waals surface area contributed by atoms with E-state index in [1.165, 1.54) is 12.3 Å². The van der Waals surface area contributed by atoms with Crippen LogP contribution in [0.15, 0.2) is 30.5 Å². The zero-order valence-electron chi connectivity index (χ0n) is 13.4. The van der Waals surface area contributed by atoms with Crippen LogP contribution in [0.3, 0.4) is 0 Å². The van der Waals surface area contributed by atoms with E-state index in [2.05, 4.69) is 25.6 Å². The molecule has 0 aliphatic carbocycles. The number of H-pyrrole nitrogens is 1. The van der Waals surface area contributed by atoms with E-state index in [9.17, 15) is 13.6 Å². The Kier molecular flexibility index (Phi) is 3.76. The average Bonchev–Trinajstić information content (AvgIpc) is 2.98. The Hall–Kier alpha value is -3.49. The zero-order chi connectivity index (χ0) is 18.3. The zero-order valence-corrected chi connectivity index (χ0v) is 13.4. The lowest BCUT2D eigenvalue weighted by Crippen LogP contribution is -2.31. The van der Waals surface area contributed by atoms with Crippen LogP contribution in [-0.2, 0) is 6.42 Å². The first-order chi connectivity index (χ1) is 12.5. The maximum atomic E-state index is 13.6. The van der Waals surface area contributed by atoms with E-state index in [4.69, 9.17) is 5.73 Å². The van der Waals surface area contributed by atoms with Crippen LogP contribution in [0.4, 0.5) is 26.1 Å². The van der Waals surface area contributed by atoms with E-state index in [1.807, 2.05) is 0 Å². The van der Waals surface area contributed by atoms with Crippen molar-refractivity contribution in [3.63, 3.8) is 0 Å². The van der Waals surface area contributed by atoms with Gasteiger partial charge < -0.3 is 21.4 Å². The van der Waals surface area contributed by atoms with Gasteiger partial charge >= 0.3 is 0 Å². The standard InChI is InChI=1S/C17H14F2N6O/c18-9-2-1-8(7-10(9)19)23-15-13-11(3-5-21-16(13)26)24-14(15)12-4-6-22-17(20)25-12/h1-2,4,6-7,23-24H,3,5H2,(H,21,26)(H2,20,22,25). The highest BCUT2D eigenvalue weighted by molar-refractivity contribution is 6.06. The number of carbonyl (C=O) groups is 1. The Labute approximate surface area is 146 Å². The molecule has 5 N–H and O–H groups in total. The second kappa shape index (κ2) is 6.10. The number of anilines is 3. The number of nitrogens with two attached hydrogens (primary N) is 1. The van der Waals surface area contributed by atoms with Crippen molar-refractivity contribution >= 4 is 23.2 Å². The van der Waals surface area contributed by atoms with Crippen LogP contribution in [-0.4, -0.2) is 27.4 Å². The molecule has 26 heavy (non-hydrogen) atoms. The van der Waals surface area contributed by atoms with Crippen molar-refractivity contribution < 1.29 is 13.6 Å². The quantitative estimate of drug-likeness (QED) is 0.576. The molecule has 0 saturated carbocycles. The number of hydrogen-bond acceptors (Lipinski definition) is 5. The van der Waals surface area contributed by atoms with Crippen LogP contribution in [0.2, 0.25) is 0 Å². The third-order valence-electron chi connectivity index (χ3n) is 4.08. The molecular weight excluding hydrogens is 342 g/mol. The molecule has 0 bridgehead atoms. The second-order valence-electron chi connectivity index (χ2n) is 5.79. The lowest BCUT2D eigenvalue weighted by atomic mass is 10.1. The molecule has 3 heterocycles. The molecule has 1 aromatic carbocycles. The number of hydrogen-bond donors (Lipinski definition) is 4. The topological polar surface area (TPSA) is 109 Å². The summed E-state index contributed by atoms with van der Waals surface area (Å²) in [5.74, 6) is -2.12. The third-order valence-corrected chi connectivity index (χ3v) is 4.08. The molecule has 0 radical (unpaired) electrons. The van der Waals surface area contributed by atoms with Gasteiger partial charge in [0.25, 0.3) is 5.91 Å². The summed E-state index contributed by atoms with van der Waals surface area (Å²) >= 11 is 0. The predicted molar refractivity (Wildman–Crippen MR) is 91.9 cm³/mol. The number of benzene rings is 1. The van der Waals surface area contributed by atoms with Gasteiger partial charge in [0.2, 0.25) is 5.95 Å². The summed E-state index contributed by atoms with van der Waals surface area (Å²) in [6, 6.07) is 5.06. The van der Waals surface area contributed by atoms with E-state index in [0.29, 0.717) is 41.3 Å². The first-order valence-corrected chi connectivity index (χ1v) is 7.87. The SMILES string of the molecule is Nc1nccc(-c2[nH]c3c(c2Nc2ccc(F)c(F)c2)C(=O)NCC3)n1. The molecule has 3 aromatic rings. The van der Waals surface area contributed by atoms with Crippen LogP contribution in [0, 0.1) is 11.6 Å². The Morgan fingerprint density at radius 1 is 1.19 bits per heavy atom. The van der Waals surface area contributed by atoms with Gasteiger partial charge in [0.05, 0.1) is 22.6 Å². The normalized spacial score (nSPS) is 13.2. The smallest absolute Gasteiger partial charge is 0.255 e. The fraction of sp³-hybridized carbons (Fsp3) is 0.118. The molecule has 1 aliphatic heterocycles. The van der Waals surface area contributed by atoms with Crippen molar-refractivity contribution in [1.29, 1.82) is 0 Å². The van der Waals surface area contributed by atoms with E-state index in [1.54, 1.807) is 6.07 Å². The van der Waals surface area contributed by atoms with Gasteiger partial charge in [0, 0.05) is 36.6 Å². The summed E-state index contributed by atoms with van der Waals surface area (Å²) in [7, 11) is 0. The maximum Gasteiger partial charge on any atom is 0.255 e. The Morgan fingerprint density at radius 2 is 2.04 bits per heavy atom. The number of halogens is 2. The van der Waals surface area contributed by atoms with Crippen molar-refractivity contribution in [2.75, 3.05) is 17.6 Å². The molecule has 0 atom stereocenters. The minimum Gasteiger partial charge on any atom is -0.368 e. The van der Waals surface area contributed by atoms with Crippen molar-refractivity contribution in [2.45, 2.75) is 6.42 Å². The van der Waals surface area contributed by atoms with Crippen molar-refractivity contribution in [1.82, 2.24) is 20.3 Å². The summed E-state index contributed by atoms with van der Waals surface area (Å²) < 4.78 is 26.8. The molecular formula is C17H14F2N6O. The van der Waals surface area contributed by atoms with Gasteiger partial charge in [-0.1, -0.05) is 0 Å². The largest absolute Gasteiger partial charge is 0.368 e. The predicted octanol–water partition coefficient (Wildman–Crippen LogP) is 2.36. The maximum absolute atomic E-state index is 13.6. The first kappa shape index (κ1) is 16.0. The number of carbonyl (C=O) groups excluding carboxylic acids is 1. The van der Waals surface area contributed by atoms with Crippen molar-refractivity contribution in [3.8, 4) is 11.4 Å². The average molecular weight is 356 g/mol. The lowest BCUT2D eigenvalue weighted by Gasteiger charge is -2.15. The molecule has 0 fully saturated rings. The molecule has 132 valence electrons. The van der Waals surface area contributed by atoms with Crippen LogP contribution in [0.5, 0.6) is 0 Å². The fourth-order valence-corrected chi connectivity index (χ4v) is 2.93. The second-order valence-corrected chi connectivity index (χ2v) is 5.79. The Bertz CT molecular complexity index is 1020. The van der Waals surface area contributed by atoms with Crippen LogP contribution < -0.4 is 16.4 Å². The number of nitrogen functional groups attached to an aromatic ring is 1. The number of nitrogens with one attached hydrogen (secondary N) is 3. The number of aromatic amines is 1. The Morgan fingerprint density at radius 3 is 2.81 bits per heavy atom. The van der Waals surface area contributed by atoms with Gasteiger partial charge in [-0.05, 0) is 18.2 Å². The Balaban J connectivity index is 1.86. The van der Waals surface area contributed by atoms with Crippen molar-refractivity contribution in [3.05, 3.63) is 53.4 Å². The highest BCUT2D eigenvalue weighted by Gasteiger charge is 2.27. The first-order valence-electron chi connectivity index (χ1n) is 7.87. The number of rotatable bonds is 3. The number of aromatic nitrogens is 3. The van der Waals surface area contributed by atoms with Gasteiger partial charge in [-0.2, -0.15) is 0 Å². The van der Waals surface area contributed by atoms with Crippen molar-refractivity contribution in [2.24, 2.45) is 0 Å². The third kappa shape index (κ3) is 2.73. The molecule has 7 nitrogen and oxygen atoms in total. The molecule has 1 amide bonds. The molecule has 2 aromatic heterocycles. The minimum absolute atomic E-state index is 0.0818. The number of fused-ring (bicyclic) bond motifs is 1. The molecule has 0 saturated heterocycles. The molecule has 0 unspecified atom stereocenters. The molecule has 4 rings (SSSR count). The number of amides is 1. The highest BCUT2D eigenvalue weighted by Crippen LogP contribution is 2.36. The summed E-state index contributed by atoms with van der Waals surface area (Å²) in [6.45, 7) is 0.502. The summed E-state index contributed by atoms with van der Waals surface area (Å²) in [4.78, 5) is 23.6. The summed E-state index contributed by atoms with van der Waals surface area (Å²) in [5, 5.41) is 5.77. The van der Waals surface area contributed by atoms with Crippen LogP contribution >= 0.6 is 0 Å². The van der Waals surface area contributed by atoms with E-state index < -0.39 is 11.6 Å². The number of nitrogens with zero attached hydrogens (tertiary/aromatic N) is 2. The van der Waals surface area contributed by atoms with E-state index in [0.717, 1.165) is 17.8 Å². The summed E-state index contributed by atoms with van der Waals surface area (Å²) in [6.07, 6.45) is 2.10. The van der Waals surface area contributed by atoms with Crippen LogP contribution in [0.25, 0.3) is 11.4 Å². The van der Waals surface area contributed by atoms with Gasteiger partial charge in [0.1, 0.15) is 0 Å². The molecule has 9 heteroatoms. The minimum atomic E-state index is -0.989. The van der Waals surface area contributed by atoms with Gasteiger partial charge in [0.15, 0.2) is 11.6 Å². The molecule has 0 spiro atoms. The van der Waals surface area contributed by atoms with E-state index >= 15 is 0 Å².